The molecule has 0 saturated heterocycles. The largest absolute Gasteiger partial charge is 0.347 e. The average Bonchev–Trinajstić information content (AvgIpc) is 2.45. The predicted molar refractivity (Wildman–Crippen MR) is 65.3 cm³/mol. The summed E-state index contributed by atoms with van der Waals surface area (Å²) < 4.78 is 16.3. The Morgan fingerprint density at radius 3 is 2.86 bits per heavy atom. The minimum atomic E-state index is -0.358. The van der Waals surface area contributed by atoms with Crippen molar-refractivity contribution in [1.82, 2.24) is 4.57 Å². The molecule has 0 amide bonds. The Labute approximate surface area is 100.0 Å². The minimum absolute atomic E-state index is 0.185. The van der Waals surface area contributed by atoms with Gasteiger partial charge in [-0.3, -0.25) is 0 Å². The van der Waals surface area contributed by atoms with Crippen molar-refractivity contribution < 1.29 is 4.39 Å². The second-order valence-corrected chi connectivity index (χ2v) is 4.62. The molecule has 0 unspecified atom stereocenters. The fraction of sp³-hybridized carbons (Fsp3) is 0.200. The third-order valence-electron chi connectivity index (χ3n) is 2.22. The number of aromatic nitrogens is 1. The van der Waals surface area contributed by atoms with Crippen molar-refractivity contribution in [2.75, 3.05) is 0 Å². The molecular weight excluding hydrogens is 315 g/mol. The highest BCUT2D eigenvalue weighted by atomic mass is 127. The number of rotatable bonds is 1. The lowest BCUT2D eigenvalue weighted by Crippen LogP contribution is -1.91. The number of hydrogen-bond acceptors (Lipinski definition) is 0. The molecule has 2 rings (SSSR count). The van der Waals surface area contributed by atoms with Gasteiger partial charge in [-0.2, -0.15) is 0 Å². The second kappa shape index (κ2) is 3.70. The Balaban J connectivity index is 2.84. The van der Waals surface area contributed by atoms with Crippen molar-refractivity contribution in [1.29, 1.82) is 0 Å². The molecule has 0 spiro atoms. The molecule has 74 valence electrons. The predicted octanol–water partition coefficient (Wildman–Crippen LogP) is 4.06. The Hall–Kier alpha value is -0.290. The van der Waals surface area contributed by atoms with E-state index in [4.69, 9.17) is 11.6 Å². The zero-order chi connectivity index (χ0) is 10.3. The lowest BCUT2D eigenvalue weighted by atomic mass is 10.2. The third kappa shape index (κ3) is 1.52. The summed E-state index contributed by atoms with van der Waals surface area (Å²) in [4.78, 5) is 0. The topological polar surface area (TPSA) is 4.93 Å². The highest BCUT2D eigenvalue weighted by Gasteiger charge is 2.09. The van der Waals surface area contributed by atoms with Gasteiger partial charge in [-0.05, 0) is 41.6 Å². The first-order valence-electron chi connectivity index (χ1n) is 4.27. The summed E-state index contributed by atoms with van der Waals surface area (Å²) in [5.41, 5.74) is 0.902. The number of nitrogens with zero attached hydrogens (tertiary/aromatic N) is 1. The summed E-state index contributed by atoms with van der Waals surface area (Å²) in [6, 6.07) is 3.17. The van der Waals surface area contributed by atoms with Crippen molar-refractivity contribution in [3.05, 3.63) is 32.7 Å². The zero-order valence-corrected chi connectivity index (χ0v) is 10.4. The fourth-order valence-corrected chi connectivity index (χ4v) is 2.43. The molecule has 14 heavy (non-hydrogen) atoms. The molecule has 1 aromatic heterocycles. The molecule has 1 aromatic carbocycles. The number of benzene rings is 1. The third-order valence-corrected chi connectivity index (χ3v) is 3.36. The van der Waals surface area contributed by atoms with E-state index in [9.17, 15) is 4.39 Å². The molecule has 1 heterocycles. The van der Waals surface area contributed by atoms with Crippen molar-refractivity contribution in [2.24, 2.45) is 0 Å². The molecule has 0 fully saturated rings. The highest BCUT2D eigenvalue weighted by Crippen LogP contribution is 2.28. The van der Waals surface area contributed by atoms with Crippen molar-refractivity contribution in [2.45, 2.75) is 13.5 Å². The van der Waals surface area contributed by atoms with Crippen LogP contribution >= 0.6 is 34.2 Å². The maximum atomic E-state index is 13.2. The smallest absolute Gasteiger partial charge is 0.143 e. The first-order chi connectivity index (χ1) is 6.63. The fourth-order valence-electron chi connectivity index (χ4n) is 1.50. The second-order valence-electron chi connectivity index (χ2n) is 3.05. The van der Waals surface area contributed by atoms with E-state index in [1.165, 1.54) is 6.07 Å². The molecule has 0 atom stereocenters. The Morgan fingerprint density at radius 1 is 1.50 bits per heavy atom. The maximum Gasteiger partial charge on any atom is 0.143 e. The summed E-state index contributed by atoms with van der Waals surface area (Å²) in [6.45, 7) is 2.86. The molecule has 0 aliphatic carbocycles. The normalized spacial score (nSPS) is 11.1. The molecule has 4 heteroatoms. The number of hydrogen-bond donors (Lipinski definition) is 0. The summed E-state index contributed by atoms with van der Waals surface area (Å²) in [7, 11) is 0. The Bertz CT molecular complexity index is 492. The van der Waals surface area contributed by atoms with E-state index >= 15 is 0 Å². The highest BCUT2D eigenvalue weighted by molar-refractivity contribution is 14.1. The molecule has 0 N–H and O–H groups in total. The van der Waals surface area contributed by atoms with Crippen molar-refractivity contribution in [3.8, 4) is 0 Å². The summed E-state index contributed by atoms with van der Waals surface area (Å²) in [6.07, 6.45) is 2.00. The van der Waals surface area contributed by atoms with E-state index in [1.54, 1.807) is 6.07 Å². The quantitative estimate of drug-likeness (QED) is 0.698. The van der Waals surface area contributed by atoms with E-state index < -0.39 is 0 Å². The lowest BCUT2D eigenvalue weighted by molar-refractivity contribution is 0.628. The van der Waals surface area contributed by atoms with Gasteiger partial charge in [-0.15, -0.1) is 0 Å². The number of halogens is 3. The summed E-state index contributed by atoms with van der Waals surface area (Å²) in [5, 5.41) is 1.20. The van der Waals surface area contributed by atoms with Crippen LogP contribution in [0.1, 0.15) is 6.92 Å². The van der Waals surface area contributed by atoms with Crippen LogP contribution in [0.2, 0.25) is 5.02 Å². The maximum absolute atomic E-state index is 13.2. The number of aryl methyl sites for hydroxylation is 1. The zero-order valence-electron chi connectivity index (χ0n) is 7.52. The molecule has 0 radical (unpaired) electrons. The van der Waals surface area contributed by atoms with Crippen LogP contribution in [0.4, 0.5) is 4.39 Å². The van der Waals surface area contributed by atoms with Crippen LogP contribution in [0.15, 0.2) is 18.3 Å². The van der Waals surface area contributed by atoms with E-state index in [2.05, 4.69) is 22.6 Å². The standard InChI is InChI=1S/C10H8ClFIN/c1-2-14-5-9(13)6-3-7(11)8(12)4-10(6)14/h3-5H,2H2,1H3. The Kier molecular flexibility index (Phi) is 2.70. The Morgan fingerprint density at radius 2 is 2.21 bits per heavy atom. The average molecular weight is 324 g/mol. The van der Waals surface area contributed by atoms with E-state index in [1.807, 2.05) is 17.7 Å². The van der Waals surface area contributed by atoms with Gasteiger partial charge in [0.1, 0.15) is 5.82 Å². The van der Waals surface area contributed by atoms with Crippen LogP contribution < -0.4 is 0 Å². The van der Waals surface area contributed by atoms with E-state index in [0.717, 1.165) is 21.0 Å². The van der Waals surface area contributed by atoms with Crippen LogP contribution in [0, 0.1) is 9.39 Å². The van der Waals surface area contributed by atoms with E-state index in [-0.39, 0.29) is 10.8 Å². The van der Waals surface area contributed by atoms with Gasteiger partial charge in [0.15, 0.2) is 0 Å². The molecule has 0 saturated carbocycles. The van der Waals surface area contributed by atoms with Gasteiger partial charge in [0, 0.05) is 21.7 Å². The van der Waals surface area contributed by atoms with Crippen LogP contribution in [0.5, 0.6) is 0 Å². The van der Waals surface area contributed by atoms with Crippen molar-refractivity contribution >= 4 is 45.1 Å². The number of fused-ring (bicyclic) bond motifs is 1. The summed E-state index contributed by atoms with van der Waals surface area (Å²) >= 11 is 7.95. The molecule has 1 nitrogen and oxygen atoms in total. The molecule has 0 aliphatic heterocycles. The van der Waals surface area contributed by atoms with Gasteiger partial charge < -0.3 is 4.57 Å². The van der Waals surface area contributed by atoms with Crippen molar-refractivity contribution in [3.63, 3.8) is 0 Å². The first kappa shape index (κ1) is 10.2. The van der Waals surface area contributed by atoms with Crippen LogP contribution in [0.25, 0.3) is 10.9 Å². The van der Waals surface area contributed by atoms with Crippen LogP contribution in [-0.4, -0.2) is 4.57 Å². The van der Waals surface area contributed by atoms with Gasteiger partial charge in [-0.1, -0.05) is 11.6 Å². The lowest BCUT2D eigenvalue weighted by Gasteiger charge is -2.00. The molecule has 0 bridgehead atoms. The van der Waals surface area contributed by atoms with Gasteiger partial charge in [-0.25, -0.2) is 4.39 Å². The SMILES string of the molecule is CCn1cc(I)c2cc(Cl)c(F)cc21. The van der Waals surface area contributed by atoms with Crippen LogP contribution in [0.3, 0.4) is 0 Å². The van der Waals surface area contributed by atoms with Gasteiger partial charge in [0.25, 0.3) is 0 Å². The molecular formula is C10H8ClFIN. The first-order valence-corrected chi connectivity index (χ1v) is 5.72. The van der Waals surface area contributed by atoms with Gasteiger partial charge in [0.05, 0.1) is 10.5 Å². The monoisotopic (exact) mass is 323 g/mol. The molecule has 2 aromatic rings. The summed E-state index contributed by atoms with van der Waals surface area (Å²) in [5.74, 6) is -0.358. The van der Waals surface area contributed by atoms with Crippen LogP contribution in [-0.2, 0) is 6.54 Å². The van der Waals surface area contributed by atoms with Gasteiger partial charge >= 0.3 is 0 Å². The molecule has 0 aliphatic rings. The van der Waals surface area contributed by atoms with Gasteiger partial charge in [0.2, 0.25) is 0 Å². The minimum Gasteiger partial charge on any atom is -0.347 e. The van der Waals surface area contributed by atoms with E-state index in [0.29, 0.717) is 0 Å².